The Labute approximate surface area is 179 Å². The highest BCUT2D eigenvalue weighted by molar-refractivity contribution is 14.0. The highest BCUT2D eigenvalue weighted by Gasteiger charge is 2.26. The maximum atomic E-state index is 11.9. The van der Waals surface area contributed by atoms with E-state index >= 15 is 0 Å². The van der Waals surface area contributed by atoms with Gasteiger partial charge < -0.3 is 20.1 Å². The lowest BCUT2D eigenvalue weighted by molar-refractivity contribution is -0.129. The fourth-order valence-corrected chi connectivity index (χ4v) is 3.52. The van der Waals surface area contributed by atoms with Crippen LogP contribution in [0.15, 0.2) is 9.52 Å². The van der Waals surface area contributed by atoms with Gasteiger partial charge in [0.15, 0.2) is 5.96 Å². The molecule has 1 fully saturated rings. The summed E-state index contributed by atoms with van der Waals surface area (Å²) in [5, 5.41) is 10.9. The molecule has 1 unspecified atom stereocenters. The number of aryl methyl sites for hydroxylation is 2. The van der Waals surface area contributed by atoms with Crippen molar-refractivity contribution >= 4 is 35.8 Å². The Morgan fingerprint density at radius 3 is 2.63 bits per heavy atom. The van der Waals surface area contributed by atoms with Crippen molar-refractivity contribution in [3.8, 4) is 0 Å². The van der Waals surface area contributed by atoms with Crippen LogP contribution in [0.5, 0.6) is 0 Å². The zero-order valence-corrected chi connectivity index (χ0v) is 19.3. The summed E-state index contributed by atoms with van der Waals surface area (Å²) in [5.74, 6) is 1.99. The molecule has 154 valence electrons. The number of guanidine groups is 1. The number of hydrogen-bond donors (Lipinski definition) is 2. The second-order valence-electron chi connectivity index (χ2n) is 6.63. The van der Waals surface area contributed by atoms with Crippen molar-refractivity contribution in [1.29, 1.82) is 0 Å². The van der Waals surface area contributed by atoms with E-state index < -0.39 is 0 Å². The minimum Gasteiger partial charge on any atom is -0.361 e. The van der Waals surface area contributed by atoms with E-state index in [1.54, 1.807) is 7.05 Å². The molecule has 7 nitrogen and oxygen atoms in total. The van der Waals surface area contributed by atoms with Gasteiger partial charge in [-0.2, -0.15) is 0 Å². The van der Waals surface area contributed by atoms with Gasteiger partial charge in [0.1, 0.15) is 5.76 Å². The quantitative estimate of drug-likeness (QED) is 0.316. The van der Waals surface area contributed by atoms with Gasteiger partial charge in [0.2, 0.25) is 5.91 Å². The van der Waals surface area contributed by atoms with Crippen LogP contribution >= 0.6 is 24.0 Å². The Morgan fingerprint density at radius 1 is 1.30 bits per heavy atom. The molecule has 2 N–H and O–H groups in total. The molecule has 8 heteroatoms. The molecule has 1 aliphatic rings. The van der Waals surface area contributed by atoms with Crippen LogP contribution in [-0.2, 0) is 24.2 Å². The lowest BCUT2D eigenvalue weighted by Crippen LogP contribution is -2.41. The van der Waals surface area contributed by atoms with Crippen LogP contribution in [0.4, 0.5) is 0 Å². The largest absolute Gasteiger partial charge is 0.361 e. The first-order chi connectivity index (χ1) is 12.6. The molecule has 1 saturated heterocycles. The predicted octanol–water partition coefficient (Wildman–Crippen LogP) is 2.87. The van der Waals surface area contributed by atoms with E-state index in [9.17, 15) is 4.79 Å². The van der Waals surface area contributed by atoms with Crippen LogP contribution < -0.4 is 10.6 Å². The van der Waals surface area contributed by atoms with Gasteiger partial charge >= 0.3 is 0 Å². The Hall–Kier alpha value is -1.32. The number of hydrogen-bond acceptors (Lipinski definition) is 4. The molecule has 1 amide bonds. The second kappa shape index (κ2) is 12.2. The molecule has 2 rings (SSSR count). The second-order valence-corrected chi connectivity index (χ2v) is 6.63. The molecule has 1 aliphatic heterocycles. The molecule has 0 aromatic carbocycles. The van der Waals surface area contributed by atoms with Crippen molar-refractivity contribution in [2.24, 2.45) is 4.99 Å². The highest BCUT2D eigenvalue weighted by atomic mass is 127. The monoisotopic (exact) mass is 491 g/mol. The molecule has 0 aliphatic carbocycles. The number of carbonyl (C=O) groups excluding carboxylic acids is 1. The molecule has 0 spiro atoms. The number of aliphatic imine (C=N–C) groups is 1. The Bertz CT molecular complexity index is 596. The SMILES string of the molecule is CCc1noc(CC)c1CNC(=NC)NCCC(CC)N1CCCC1=O.I. The third-order valence-electron chi connectivity index (χ3n) is 5.06. The first kappa shape index (κ1) is 23.7. The van der Waals surface area contributed by atoms with Crippen LogP contribution in [0.1, 0.15) is 63.5 Å². The van der Waals surface area contributed by atoms with Crippen molar-refractivity contribution in [3.63, 3.8) is 0 Å². The molecule has 2 heterocycles. The van der Waals surface area contributed by atoms with Gasteiger partial charge in [0, 0.05) is 51.1 Å². The lowest BCUT2D eigenvalue weighted by Gasteiger charge is -2.27. The number of amides is 1. The van der Waals surface area contributed by atoms with Crippen LogP contribution in [0, 0.1) is 0 Å². The van der Waals surface area contributed by atoms with Crippen LogP contribution in [0.3, 0.4) is 0 Å². The van der Waals surface area contributed by atoms with Crippen molar-refractivity contribution in [2.75, 3.05) is 20.1 Å². The summed E-state index contributed by atoms with van der Waals surface area (Å²) >= 11 is 0. The number of nitrogens with one attached hydrogen (secondary N) is 2. The number of likely N-dealkylation sites (tertiary alicyclic amines) is 1. The van der Waals surface area contributed by atoms with Gasteiger partial charge in [0.25, 0.3) is 0 Å². The lowest BCUT2D eigenvalue weighted by atomic mass is 10.1. The third kappa shape index (κ3) is 6.36. The van der Waals surface area contributed by atoms with E-state index in [1.807, 2.05) is 4.90 Å². The zero-order chi connectivity index (χ0) is 18.9. The maximum absolute atomic E-state index is 11.9. The van der Waals surface area contributed by atoms with Crippen molar-refractivity contribution in [3.05, 3.63) is 17.0 Å². The molecule has 0 bridgehead atoms. The summed E-state index contributed by atoms with van der Waals surface area (Å²) < 4.78 is 5.41. The highest BCUT2D eigenvalue weighted by Crippen LogP contribution is 2.18. The fraction of sp³-hybridized carbons (Fsp3) is 0.737. The predicted molar refractivity (Wildman–Crippen MR) is 119 cm³/mol. The zero-order valence-electron chi connectivity index (χ0n) is 17.0. The molecule has 1 aromatic heterocycles. The standard InChI is InChI=1S/C19H33N5O2.HI/c1-5-14(24-12-8-9-18(24)25)10-11-21-19(20-4)22-13-15-16(6-2)23-26-17(15)7-3;/h14H,5-13H2,1-4H3,(H2,20,21,22);1H. The Morgan fingerprint density at radius 2 is 2.07 bits per heavy atom. The fourth-order valence-electron chi connectivity index (χ4n) is 3.52. The minimum atomic E-state index is 0. The number of rotatable bonds is 9. The van der Waals surface area contributed by atoms with Crippen LogP contribution in [-0.4, -0.2) is 48.1 Å². The van der Waals surface area contributed by atoms with E-state index in [4.69, 9.17) is 4.52 Å². The van der Waals surface area contributed by atoms with E-state index in [0.29, 0.717) is 24.9 Å². The summed E-state index contributed by atoms with van der Waals surface area (Å²) in [4.78, 5) is 18.3. The maximum Gasteiger partial charge on any atom is 0.222 e. The summed E-state index contributed by atoms with van der Waals surface area (Å²) in [6.45, 7) is 8.63. The average molecular weight is 491 g/mol. The number of aromatic nitrogens is 1. The normalized spacial score (nSPS) is 15.6. The van der Waals surface area contributed by atoms with Crippen molar-refractivity contribution in [1.82, 2.24) is 20.7 Å². The molecule has 1 aromatic rings. The number of halogens is 1. The average Bonchev–Trinajstić information content (AvgIpc) is 3.26. The van der Waals surface area contributed by atoms with Crippen LogP contribution in [0.2, 0.25) is 0 Å². The van der Waals surface area contributed by atoms with Crippen molar-refractivity contribution < 1.29 is 9.32 Å². The smallest absolute Gasteiger partial charge is 0.222 e. The molecule has 1 atom stereocenters. The van der Waals surface area contributed by atoms with Gasteiger partial charge in [-0.1, -0.05) is 25.9 Å². The van der Waals surface area contributed by atoms with Crippen LogP contribution in [0.25, 0.3) is 0 Å². The first-order valence-corrected chi connectivity index (χ1v) is 9.84. The summed E-state index contributed by atoms with van der Waals surface area (Å²) in [7, 11) is 1.77. The van der Waals surface area contributed by atoms with Gasteiger partial charge in [-0.05, 0) is 25.7 Å². The van der Waals surface area contributed by atoms with Gasteiger partial charge in [-0.25, -0.2) is 0 Å². The molecule has 0 radical (unpaired) electrons. The summed E-state index contributed by atoms with van der Waals surface area (Å²) in [6.07, 6.45) is 5.29. The minimum absolute atomic E-state index is 0. The number of nitrogens with zero attached hydrogens (tertiary/aromatic N) is 3. The van der Waals surface area contributed by atoms with E-state index in [2.05, 4.69) is 41.6 Å². The first-order valence-electron chi connectivity index (χ1n) is 9.84. The molecular formula is C19H34IN5O2. The molecular weight excluding hydrogens is 457 g/mol. The number of carbonyl (C=O) groups is 1. The van der Waals surface area contributed by atoms with Gasteiger partial charge in [0.05, 0.1) is 5.69 Å². The van der Waals surface area contributed by atoms with Gasteiger partial charge in [-0.3, -0.25) is 9.79 Å². The van der Waals surface area contributed by atoms with E-state index in [1.165, 1.54) is 0 Å². The topological polar surface area (TPSA) is 82.8 Å². The summed E-state index contributed by atoms with van der Waals surface area (Å²) in [5.41, 5.74) is 2.13. The Balaban J connectivity index is 0.00000364. The summed E-state index contributed by atoms with van der Waals surface area (Å²) in [6, 6.07) is 0.312. The Kier molecular flexibility index (Phi) is 10.7. The molecule has 0 saturated carbocycles. The van der Waals surface area contributed by atoms with Crippen molar-refractivity contribution in [2.45, 2.75) is 71.9 Å². The van der Waals surface area contributed by atoms with E-state index in [-0.39, 0.29) is 24.0 Å². The van der Waals surface area contributed by atoms with Gasteiger partial charge in [-0.15, -0.1) is 24.0 Å². The third-order valence-corrected chi connectivity index (χ3v) is 5.06. The molecule has 27 heavy (non-hydrogen) atoms. The van der Waals surface area contributed by atoms with E-state index in [0.717, 1.165) is 68.2 Å².